The second-order valence-corrected chi connectivity index (χ2v) is 24.9. The lowest BCUT2D eigenvalue weighted by molar-refractivity contribution is 0.430. The fraction of sp³-hybridized carbons (Fsp3) is 0.474. The molecule has 2 fully saturated rings. The van der Waals surface area contributed by atoms with Crippen molar-refractivity contribution in [2.24, 2.45) is 11.8 Å². The number of thioether (sulfide) groups is 2. The van der Waals surface area contributed by atoms with E-state index in [0.717, 1.165) is 11.5 Å². The van der Waals surface area contributed by atoms with Crippen molar-refractivity contribution in [1.29, 1.82) is 0 Å². The lowest BCUT2D eigenvalue weighted by Crippen LogP contribution is -2.47. The van der Waals surface area contributed by atoms with Gasteiger partial charge in [0.25, 0.3) is 0 Å². The summed E-state index contributed by atoms with van der Waals surface area (Å²) in [7, 11) is -2.00. The van der Waals surface area contributed by atoms with Gasteiger partial charge in [-0.15, -0.1) is 46.2 Å². The highest BCUT2D eigenvalue weighted by Gasteiger charge is 2.63. The first kappa shape index (κ1) is 30.7. The summed E-state index contributed by atoms with van der Waals surface area (Å²) in [5.41, 5.74) is 4.52. The summed E-state index contributed by atoms with van der Waals surface area (Å²) in [6, 6.07) is 18.4. The third-order valence-electron chi connectivity index (χ3n) is 11.5. The van der Waals surface area contributed by atoms with Crippen molar-refractivity contribution in [2.45, 2.75) is 101 Å². The van der Waals surface area contributed by atoms with Gasteiger partial charge in [0.15, 0.2) is 0 Å². The van der Waals surface area contributed by atoms with Crippen molar-refractivity contribution in [3.05, 3.63) is 101 Å². The van der Waals surface area contributed by atoms with E-state index in [2.05, 4.69) is 127 Å². The van der Waals surface area contributed by atoms with Gasteiger partial charge in [-0.05, 0) is 147 Å². The van der Waals surface area contributed by atoms with Crippen molar-refractivity contribution in [3.63, 3.8) is 0 Å². The molecule has 8 unspecified atom stereocenters. The van der Waals surface area contributed by atoms with Crippen LogP contribution < -0.4 is 0 Å². The Balaban J connectivity index is 1.23. The van der Waals surface area contributed by atoms with Gasteiger partial charge in [0, 0.05) is 41.8 Å². The Morgan fingerprint density at radius 3 is 1.31 bits per heavy atom. The summed E-state index contributed by atoms with van der Waals surface area (Å²) in [6.07, 6.45) is 2.40. The molecule has 2 aliphatic heterocycles. The number of allylic oxidation sites excluding steroid dienone is 4. The molecule has 8 rings (SSSR count). The molecule has 236 valence electrons. The molecule has 0 amide bonds. The molecular weight excluding hydrogens is 645 g/mol. The summed E-state index contributed by atoms with van der Waals surface area (Å²) >= 11 is 8.39. The maximum Gasteiger partial charge on any atom is 0.107 e. The minimum absolute atomic E-state index is 0.463. The second-order valence-electron chi connectivity index (χ2n) is 14.6. The van der Waals surface area contributed by atoms with Crippen LogP contribution in [0.3, 0.4) is 0 Å². The molecule has 6 heterocycles. The molecule has 4 aliphatic rings. The zero-order valence-corrected chi connectivity index (χ0v) is 31.9. The summed E-state index contributed by atoms with van der Waals surface area (Å²) in [6.45, 7) is 19.1. The van der Waals surface area contributed by atoms with Gasteiger partial charge in [0.05, 0.1) is 8.07 Å². The molecule has 0 radical (unpaired) electrons. The van der Waals surface area contributed by atoms with Crippen LogP contribution in [-0.2, 0) is 0 Å². The van der Waals surface area contributed by atoms with Crippen LogP contribution in [-0.4, -0.2) is 18.6 Å². The van der Waals surface area contributed by atoms with Gasteiger partial charge < -0.3 is 8.83 Å². The Morgan fingerprint density at radius 2 is 0.978 bits per heavy atom. The Kier molecular flexibility index (Phi) is 7.65. The summed E-state index contributed by atoms with van der Waals surface area (Å²) in [5, 5.41) is 1.22. The van der Waals surface area contributed by atoms with E-state index >= 15 is 0 Å². The fourth-order valence-electron chi connectivity index (χ4n) is 9.87. The average molecular weight is 689 g/mol. The van der Waals surface area contributed by atoms with Gasteiger partial charge in [-0.1, -0.05) is 13.1 Å². The molecule has 2 saturated carbocycles. The first-order chi connectivity index (χ1) is 21.5. The molecule has 4 aromatic rings. The number of fused-ring (bicyclic) bond motifs is 2. The fourth-order valence-corrected chi connectivity index (χ4v) is 22.9. The number of hydrogen-bond donors (Lipinski definition) is 0. The molecule has 45 heavy (non-hydrogen) atoms. The molecular formula is C38H44O2S4Si. The van der Waals surface area contributed by atoms with Crippen molar-refractivity contribution < 1.29 is 8.83 Å². The predicted octanol–water partition coefficient (Wildman–Crippen LogP) is 12.7. The van der Waals surface area contributed by atoms with E-state index in [1.54, 1.807) is 21.0 Å². The zero-order chi connectivity index (χ0) is 31.4. The molecule has 8 atom stereocenters. The standard InChI is InChI=1S/C38H44O2S4Si/c1-19-9-13-29(39-19)25-17-27-33(31-15-11-21(3)41-31)23(5)43-35(27)37(25)45(7,8)38-26(30-14-10-20(2)40-30)18-28-34(24(6)44-36(28)38)32-16-12-22(4)42-32/h9-16,25-28,35-38H,17-18H2,1-8H3. The minimum Gasteiger partial charge on any atom is -0.466 e. The van der Waals surface area contributed by atoms with Crippen LogP contribution >= 0.6 is 46.2 Å². The van der Waals surface area contributed by atoms with Crippen LogP contribution in [0, 0.1) is 39.5 Å². The van der Waals surface area contributed by atoms with Crippen molar-refractivity contribution in [1.82, 2.24) is 0 Å². The van der Waals surface area contributed by atoms with Crippen LogP contribution in [0.15, 0.2) is 67.2 Å². The number of aryl methyl sites for hydroxylation is 4. The minimum atomic E-state index is -2.00. The first-order valence-corrected chi connectivity index (χ1v) is 23.1. The Morgan fingerprint density at radius 1 is 0.556 bits per heavy atom. The molecule has 0 N–H and O–H groups in total. The van der Waals surface area contributed by atoms with E-state index in [-0.39, 0.29) is 0 Å². The van der Waals surface area contributed by atoms with E-state index < -0.39 is 8.07 Å². The van der Waals surface area contributed by atoms with E-state index in [4.69, 9.17) is 8.83 Å². The van der Waals surface area contributed by atoms with Gasteiger partial charge in [0.2, 0.25) is 0 Å². The highest BCUT2D eigenvalue weighted by molar-refractivity contribution is 8.04. The molecule has 2 nitrogen and oxygen atoms in total. The quantitative estimate of drug-likeness (QED) is 0.188. The van der Waals surface area contributed by atoms with Crippen LogP contribution in [0.1, 0.15) is 81.1 Å². The highest BCUT2D eigenvalue weighted by atomic mass is 32.2. The van der Waals surface area contributed by atoms with E-state index in [1.807, 2.05) is 22.7 Å². The highest BCUT2D eigenvalue weighted by Crippen LogP contribution is 2.72. The van der Waals surface area contributed by atoms with Crippen LogP contribution in [0.25, 0.3) is 11.1 Å². The summed E-state index contributed by atoms with van der Waals surface area (Å²) < 4.78 is 13.1. The van der Waals surface area contributed by atoms with E-state index in [9.17, 15) is 0 Å². The SMILES string of the molecule is CC1=C(c2ccc(C)s2)C2CC(c3ccc(C)o3)C([Si](C)(C)C3C(c4ccc(C)o4)CC4C(c5ccc(C)s5)=C(C)SC43)C2S1. The van der Waals surface area contributed by atoms with Crippen molar-refractivity contribution in [2.75, 3.05) is 0 Å². The van der Waals surface area contributed by atoms with Gasteiger partial charge in [-0.3, -0.25) is 0 Å². The van der Waals surface area contributed by atoms with Gasteiger partial charge >= 0.3 is 0 Å². The van der Waals surface area contributed by atoms with Crippen molar-refractivity contribution in [3.8, 4) is 0 Å². The summed E-state index contributed by atoms with van der Waals surface area (Å²) in [5.74, 6) is 6.65. The van der Waals surface area contributed by atoms with Gasteiger partial charge in [-0.25, -0.2) is 0 Å². The Labute approximate surface area is 286 Å². The number of thiophene rings is 2. The van der Waals surface area contributed by atoms with Crippen LogP contribution in [0.4, 0.5) is 0 Å². The number of rotatable bonds is 6. The lowest BCUT2D eigenvalue weighted by atomic mass is 9.94. The maximum atomic E-state index is 6.56. The molecule has 0 spiro atoms. The maximum absolute atomic E-state index is 6.56. The topological polar surface area (TPSA) is 26.3 Å². The predicted molar refractivity (Wildman–Crippen MR) is 200 cm³/mol. The largest absolute Gasteiger partial charge is 0.466 e. The zero-order valence-electron chi connectivity index (χ0n) is 27.6. The van der Waals surface area contributed by atoms with E-state index in [1.165, 1.54) is 43.9 Å². The molecule has 4 aromatic heterocycles. The Hall–Kier alpha value is -1.64. The van der Waals surface area contributed by atoms with Gasteiger partial charge in [-0.2, -0.15) is 0 Å². The number of furan rings is 2. The molecule has 2 aliphatic carbocycles. The number of hydrogen-bond acceptors (Lipinski definition) is 6. The monoisotopic (exact) mass is 688 g/mol. The summed E-state index contributed by atoms with van der Waals surface area (Å²) in [4.78, 5) is 8.92. The third kappa shape index (κ3) is 4.92. The normalized spacial score (nSPS) is 31.5. The van der Waals surface area contributed by atoms with Gasteiger partial charge in [0.1, 0.15) is 23.0 Å². The smallest absolute Gasteiger partial charge is 0.107 e. The molecule has 0 saturated heterocycles. The van der Waals surface area contributed by atoms with Crippen molar-refractivity contribution >= 4 is 65.4 Å². The van der Waals surface area contributed by atoms with Crippen LogP contribution in [0.2, 0.25) is 24.2 Å². The average Bonchev–Trinajstić information content (AvgIpc) is 3.79. The third-order valence-corrected chi connectivity index (χ3v) is 21.9. The first-order valence-electron chi connectivity index (χ1n) is 16.5. The molecule has 7 heteroatoms. The molecule has 0 aromatic carbocycles. The lowest BCUT2D eigenvalue weighted by Gasteiger charge is -2.45. The second kappa shape index (κ2) is 11.2. The van der Waals surface area contributed by atoms with Crippen LogP contribution in [0.5, 0.6) is 0 Å². The van der Waals surface area contributed by atoms with E-state index in [0.29, 0.717) is 45.3 Å². The Bertz CT molecular complexity index is 1700. The molecule has 0 bridgehead atoms.